The lowest BCUT2D eigenvalue weighted by Gasteiger charge is -2.15. The summed E-state index contributed by atoms with van der Waals surface area (Å²) in [5, 5.41) is 22.6. The standard InChI is InChI=1S/C51H94N2O7/c1-3-5-7-9-11-13-14-15-16-17-18-19-20-21-22-23-24-25-27-29-35-39-43-50(57)60-46(40-36-32-28-26-12-10-8-6-4-2)41-37-33-30-31-34-38-42-48(55)52-44-49(56)53-47(45-54)51(58)59/h26,28,36,40,46-47,54H,3-25,27,29-35,37-39,41-45H2,1-2H3,(H,52,55)(H,53,56)(H,58,59)/b28-26-,40-36-. The zero-order chi connectivity index (χ0) is 44.0. The van der Waals surface area contributed by atoms with E-state index in [1.54, 1.807) is 0 Å². The molecule has 9 heteroatoms. The molecule has 2 amide bonds. The molecule has 0 aromatic heterocycles. The second kappa shape index (κ2) is 45.8. The van der Waals surface area contributed by atoms with Gasteiger partial charge >= 0.3 is 11.9 Å². The van der Waals surface area contributed by atoms with Crippen LogP contribution in [0.1, 0.15) is 251 Å². The number of hydrogen-bond donors (Lipinski definition) is 4. The topological polar surface area (TPSA) is 142 Å². The number of hydrogen-bond acceptors (Lipinski definition) is 6. The van der Waals surface area contributed by atoms with Gasteiger partial charge in [-0.2, -0.15) is 0 Å². The van der Waals surface area contributed by atoms with Crippen molar-refractivity contribution < 1.29 is 34.1 Å². The van der Waals surface area contributed by atoms with Crippen molar-refractivity contribution in [3.05, 3.63) is 24.3 Å². The molecule has 0 heterocycles. The van der Waals surface area contributed by atoms with Gasteiger partial charge in [0.2, 0.25) is 11.8 Å². The van der Waals surface area contributed by atoms with Gasteiger partial charge in [0.25, 0.3) is 0 Å². The van der Waals surface area contributed by atoms with Crippen LogP contribution in [-0.4, -0.2) is 59.3 Å². The summed E-state index contributed by atoms with van der Waals surface area (Å²) in [6.07, 6.45) is 52.5. The van der Waals surface area contributed by atoms with Crippen molar-refractivity contribution >= 4 is 23.8 Å². The first-order valence-electron chi connectivity index (χ1n) is 25.2. The molecule has 0 fully saturated rings. The molecule has 0 rings (SSSR count). The Morgan fingerprint density at radius 1 is 0.517 bits per heavy atom. The van der Waals surface area contributed by atoms with E-state index < -0.39 is 24.5 Å². The van der Waals surface area contributed by atoms with E-state index in [0.717, 1.165) is 64.2 Å². The molecule has 0 saturated carbocycles. The third kappa shape index (κ3) is 42.0. The summed E-state index contributed by atoms with van der Waals surface area (Å²) in [5.41, 5.74) is 0. The van der Waals surface area contributed by atoms with Gasteiger partial charge in [-0.15, -0.1) is 0 Å². The Morgan fingerprint density at radius 3 is 1.42 bits per heavy atom. The molecule has 4 N–H and O–H groups in total. The van der Waals surface area contributed by atoms with Crippen LogP contribution in [0.3, 0.4) is 0 Å². The van der Waals surface area contributed by atoms with E-state index in [4.69, 9.17) is 14.9 Å². The molecule has 0 spiro atoms. The molecule has 2 atom stereocenters. The quantitative estimate of drug-likeness (QED) is 0.0271. The van der Waals surface area contributed by atoms with Crippen LogP contribution in [-0.2, 0) is 23.9 Å². The first kappa shape index (κ1) is 57.3. The largest absolute Gasteiger partial charge is 0.480 e. The Kier molecular flexibility index (Phi) is 43.8. The Morgan fingerprint density at radius 2 is 0.950 bits per heavy atom. The third-order valence-corrected chi connectivity index (χ3v) is 11.4. The number of aliphatic hydroxyl groups is 1. The minimum atomic E-state index is -1.38. The Bertz CT molecular complexity index is 1060. The summed E-state index contributed by atoms with van der Waals surface area (Å²) in [4.78, 5) is 47.6. The number of carboxylic acid groups (broad SMARTS) is 1. The van der Waals surface area contributed by atoms with Gasteiger partial charge in [-0.05, 0) is 51.0 Å². The maximum absolute atomic E-state index is 12.8. The molecule has 0 radical (unpaired) electrons. The molecule has 0 aromatic carbocycles. The molecular formula is C51H94N2O7. The van der Waals surface area contributed by atoms with Gasteiger partial charge < -0.3 is 25.6 Å². The van der Waals surface area contributed by atoms with Crippen LogP contribution in [0.25, 0.3) is 0 Å². The number of allylic oxidation sites excluding steroid dienone is 3. The van der Waals surface area contributed by atoms with Crippen molar-refractivity contribution in [3.63, 3.8) is 0 Å². The van der Waals surface area contributed by atoms with Gasteiger partial charge in [0, 0.05) is 12.8 Å². The van der Waals surface area contributed by atoms with Gasteiger partial charge in [0.05, 0.1) is 13.2 Å². The van der Waals surface area contributed by atoms with Crippen LogP contribution in [0.15, 0.2) is 24.3 Å². The number of rotatable bonds is 46. The first-order valence-corrected chi connectivity index (χ1v) is 25.2. The van der Waals surface area contributed by atoms with E-state index in [1.807, 2.05) is 0 Å². The molecule has 0 aliphatic carbocycles. The van der Waals surface area contributed by atoms with Crippen molar-refractivity contribution in [2.75, 3.05) is 13.2 Å². The fraction of sp³-hybridized carbons (Fsp3) is 0.843. The van der Waals surface area contributed by atoms with Crippen LogP contribution in [0.5, 0.6) is 0 Å². The van der Waals surface area contributed by atoms with E-state index in [0.29, 0.717) is 19.3 Å². The average Bonchev–Trinajstić information content (AvgIpc) is 3.23. The number of esters is 1. The molecule has 0 saturated heterocycles. The number of aliphatic carboxylic acids is 1. The van der Waals surface area contributed by atoms with Crippen LogP contribution < -0.4 is 10.6 Å². The van der Waals surface area contributed by atoms with Crippen molar-refractivity contribution in [3.8, 4) is 0 Å². The monoisotopic (exact) mass is 847 g/mol. The van der Waals surface area contributed by atoms with Gasteiger partial charge in [0.15, 0.2) is 0 Å². The van der Waals surface area contributed by atoms with E-state index in [9.17, 15) is 19.2 Å². The summed E-state index contributed by atoms with van der Waals surface area (Å²) < 4.78 is 5.96. The molecular weight excluding hydrogens is 753 g/mol. The molecule has 0 aliphatic heterocycles. The Hall–Kier alpha value is -2.68. The van der Waals surface area contributed by atoms with Crippen molar-refractivity contribution in [1.82, 2.24) is 10.6 Å². The fourth-order valence-electron chi connectivity index (χ4n) is 7.55. The van der Waals surface area contributed by atoms with E-state index in [-0.39, 0.29) is 24.5 Å². The second-order valence-corrected chi connectivity index (χ2v) is 17.3. The number of ether oxygens (including phenoxy) is 1. The maximum atomic E-state index is 12.8. The first-order chi connectivity index (χ1) is 29.3. The molecule has 0 bridgehead atoms. The number of nitrogens with one attached hydrogen (secondary N) is 2. The zero-order valence-corrected chi connectivity index (χ0v) is 39.0. The summed E-state index contributed by atoms with van der Waals surface area (Å²) in [7, 11) is 0. The molecule has 0 aromatic rings. The van der Waals surface area contributed by atoms with Crippen molar-refractivity contribution in [2.45, 2.75) is 264 Å². The van der Waals surface area contributed by atoms with E-state index in [2.05, 4.69) is 48.8 Å². The van der Waals surface area contributed by atoms with Crippen molar-refractivity contribution in [1.29, 1.82) is 0 Å². The molecule has 9 nitrogen and oxygen atoms in total. The van der Waals surface area contributed by atoms with Gasteiger partial charge in [-0.1, -0.05) is 212 Å². The fourth-order valence-corrected chi connectivity index (χ4v) is 7.55. The number of carboxylic acids is 1. The van der Waals surface area contributed by atoms with Crippen LogP contribution in [0.4, 0.5) is 0 Å². The lowest BCUT2D eigenvalue weighted by molar-refractivity contribution is -0.147. The van der Waals surface area contributed by atoms with Gasteiger partial charge in [-0.25, -0.2) is 4.79 Å². The molecule has 60 heavy (non-hydrogen) atoms. The maximum Gasteiger partial charge on any atom is 0.328 e. The summed E-state index contributed by atoms with van der Waals surface area (Å²) in [6, 6.07) is -1.38. The number of carbonyl (C=O) groups is 4. The highest BCUT2D eigenvalue weighted by molar-refractivity contribution is 5.87. The normalized spacial score (nSPS) is 12.6. The lowest BCUT2D eigenvalue weighted by Crippen LogP contribution is -2.47. The summed E-state index contributed by atoms with van der Waals surface area (Å²) in [5.74, 6) is -2.33. The van der Waals surface area contributed by atoms with Crippen LogP contribution in [0, 0.1) is 0 Å². The predicted octanol–water partition coefficient (Wildman–Crippen LogP) is 13.2. The van der Waals surface area contributed by atoms with E-state index in [1.165, 1.54) is 154 Å². The van der Waals surface area contributed by atoms with Crippen molar-refractivity contribution in [2.24, 2.45) is 0 Å². The van der Waals surface area contributed by atoms with Crippen LogP contribution >= 0.6 is 0 Å². The second-order valence-electron chi connectivity index (χ2n) is 17.3. The number of carbonyl (C=O) groups excluding carboxylic acids is 3. The third-order valence-electron chi connectivity index (χ3n) is 11.4. The number of amides is 2. The van der Waals surface area contributed by atoms with Crippen LogP contribution in [0.2, 0.25) is 0 Å². The SMILES string of the molecule is CCCCCC/C=C\C/C=C\C(CCCCCCCCC(=O)NCC(=O)NC(CO)C(=O)O)OC(=O)CCCCCCCCCCCCCCCCCCCCCCCC. The Balaban J connectivity index is 4.12. The highest BCUT2D eigenvalue weighted by Gasteiger charge is 2.18. The van der Waals surface area contributed by atoms with Gasteiger partial charge in [0.1, 0.15) is 12.1 Å². The smallest absolute Gasteiger partial charge is 0.328 e. The van der Waals surface area contributed by atoms with Gasteiger partial charge in [-0.3, -0.25) is 14.4 Å². The van der Waals surface area contributed by atoms with E-state index >= 15 is 0 Å². The average molecular weight is 847 g/mol. The zero-order valence-electron chi connectivity index (χ0n) is 39.0. The summed E-state index contributed by atoms with van der Waals surface area (Å²) in [6.45, 7) is 3.48. The minimum Gasteiger partial charge on any atom is -0.480 e. The number of unbranched alkanes of at least 4 members (excludes halogenated alkanes) is 30. The highest BCUT2D eigenvalue weighted by atomic mass is 16.5. The molecule has 0 aliphatic rings. The number of aliphatic hydroxyl groups excluding tert-OH is 1. The predicted molar refractivity (Wildman–Crippen MR) is 250 cm³/mol. The highest BCUT2D eigenvalue weighted by Crippen LogP contribution is 2.17. The molecule has 350 valence electrons. The lowest BCUT2D eigenvalue weighted by atomic mass is 10.0. The molecule has 2 unspecified atom stereocenters. The Labute approximate surface area is 368 Å². The summed E-state index contributed by atoms with van der Waals surface area (Å²) >= 11 is 0. The minimum absolute atomic E-state index is 0.0878.